The number of hydrogen-bond acceptors (Lipinski definition) is 4. The van der Waals surface area contributed by atoms with Crippen LogP contribution in [0.25, 0.3) is 0 Å². The summed E-state index contributed by atoms with van der Waals surface area (Å²) >= 11 is 6.45. The van der Waals surface area contributed by atoms with E-state index in [-0.39, 0.29) is 34.1 Å². The molecule has 218 valence electrons. The molecular weight excluding hydrogens is 565 g/mol. The highest BCUT2D eigenvalue weighted by molar-refractivity contribution is 7.92. The van der Waals surface area contributed by atoms with E-state index in [9.17, 15) is 22.4 Å². The summed E-state index contributed by atoms with van der Waals surface area (Å²) in [6.07, 6.45) is 4.13. The molecule has 1 fully saturated rings. The number of amides is 2. The summed E-state index contributed by atoms with van der Waals surface area (Å²) < 4.78 is 42.5. The molecule has 10 heteroatoms. The first-order chi connectivity index (χ1) is 19.6. The Morgan fingerprint density at radius 3 is 2.24 bits per heavy atom. The molecule has 0 heterocycles. The summed E-state index contributed by atoms with van der Waals surface area (Å²) in [6, 6.07) is 17.6. The highest BCUT2D eigenvalue weighted by atomic mass is 35.5. The van der Waals surface area contributed by atoms with Gasteiger partial charge in [-0.15, -0.1) is 0 Å². The molecule has 1 saturated carbocycles. The number of halogens is 2. The lowest BCUT2D eigenvalue weighted by Gasteiger charge is -2.34. The molecule has 2 amide bonds. The van der Waals surface area contributed by atoms with Gasteiger partial charge in [-0.1, -0.05) is 73.3 Å². The van der Waals surface area contributed by atoms with Crippen molar-refractivity contribution in [3.05, 3.63) is 94.8 Å². The van der Waals surface area contributed by atoms with E-state index in [1.165, 1.54) is 35.2 Å². The normalized spacial score (nSPS) is 14.4. The molecular formula is C31H35ClFN3O4S. The van der Waals surface area contributed by atoms with E-state index >= 15 is 0 Å². The number of para-hydroxylation sites is 1. The van der Waals surface area contributed by atoms with Gasteiger partial charge in [-0.3, -0.25) is 13.9 Å². The van der Waals surface area contributed by atoms with Gasteiger partial charge in [0.25, 0.3) is 10.0 Å². The number of rotatable bonds is 11. The average Bonchev–Trinajstić information content (AvgIpc) is 3.46. The maximum Gasteiger partial charge on any atom is 0.264 e. The molecule has 3 aromatic rings. The van der Waals surface area contributed by atoms with Gasteiger partial charge < -0.3 is 10.2 Å². The Hall–Kier alpha value is -3.43. The van der Waals surface area contributed by atoms with Crippen molar-refractivity contribution in [2.75, 3.05) is 10.8 Å². The Balaban J connectivity index is 1.72. The second-order valence-electron chi connectivity index (χ2n) is 10.3. The first kappa shape index (κ1) is 30.5. The van der Waals surface area contributed by atoms with Gasteiger partial charge in [0.1, 0.15) is 18.4 Å². The zero-order valence-corrected chi connectivity index (χ0v) is 24.8. The van der Waals surface area contributed by atoms with Crippen molar-refractivity contribution in [3.63, 3.8) is 0 Å². The largest absolute Gasteiger partial charge is 0.352 e. The number of nitrogens with one attached hydrogen (secondary N) is 1. The topological polar surface area (TPSA) is 86.8 Å². The third kappa shape index (κ3) is 7.45. The molecule has 4 rings (SSSR count). The quantitative estimate of drug-likeness (QED) is 0.300. The molecule has 1 aliphatic carbocycles. The molecule has 1 atom stereocenters. The maximum absolute atomic E-state index is 14.1. The molecule has 0 bridgehead atoms. The van der Waals surface area contributed by atoms with Crippen molar-refractivity contribution in [1.82, 2.24) is 10.2 Å². The number of carbonyl (C=O) groups is 2. The molecule has 0 saturated heterocycles. The van der Waals surface area contributed by atoms with Crippen molar-refractivity contribution in [1.29, 1.82) is 0 Å². The smallest absolute Gasteiger partial charge is 0.264 e. The van der Waals surface area contributed by atoms with Crippen LogP contribution in [0.3, 0.4) is 0 Å². The summed E-state index contributed by atoms with van der Waals surface area (Å²) in [5, 5.41) is 3.23. The third-order valence-corrected chi connectivity index (χ3v) is 9.46. The minimum atomic E-state index is -4.22. The van der Waals surface area contributed by atoms with Gasteiger partial charge in [-0.2, -0.15) is 0 Å². The van der Waals surface area contributed by atoms with E-state index in [1.807, 2.05) is 6.92 Å². The number of sulfonamides is 1. The predicted molar refractivity (Wildman–Crippen MR) is 159 cm³/mol. The van der Waals surface area contributed by atoms with Crippen LogP contribution in [0.4, 0.5) is 10.1 Å². The van der Waals surface area contributed by atoms with Gasteiger partial charge in [0.15, 0.2) is 0 Å². The highest BCUT2D eigenvalue weighted by Crippen LogP contribution is 2.31. The standard InChI is InChI=1S/C31H35ClFN3O4S/c1-3-28(31(38)34-25-8-4-5-9-25)35(20-23-14-16-24(33)17-15-23)30(37)21-36(29-11-7-6-10-27(29)32)41(39,40)26-18-12-22(2)13-19-26/h6-7,10-19,25,28H,3-5,8-9,20-21H2,1-2H3,(H,34,38)/t28-/m0/s1. The summed E-state index contributed by atoms with van der Waals surface area (Å²) in [4.78, 5) is 29.0. The van der Waals surface area contributed by atoms with Gasteiger partial charge in [0, 0.05) is 12.6 Å². The molecule has 41 heavy (non-hydrogen) atoms. The Morgan fingerprint density at radius 2 is 1.63 bits per heavy atom. The Bertz CT molecular complexity index is 1460. The van der Waals surface area contributed by atoms with E-state index in [1.54, 1.807) is 49.4 Å². The molecule has 0 radical (unpaired) electrons. The second kappa shape index (κ2) is 13.5. The summed E-state index contributed by atoms with van der Waals surface area (Å²) in [5.41, 5.74) is 1.64. The number of aryl methyl sites for hydroxylation is 1. The van der Waals surface area contributed by atoms with Gasteiger partial charge in [-0.05, 0) is 68.1 Å². The molecule has 0 aliphatic heterocycles. The van der Waals surface area contributed by atoms with E-state index < -0.39 is 34.3 Å². The zero-order chi connectivity index (χ0) is 29.6. The van der Waals surface area contributed by atoms with Gasteiger partial charge in [0.2, 0.25) is 11.8 Å². The lowest BCUT2D eigenvalue weighted by Crippen LogP contribution is -2.53. The van der Waals surface area contributed by atoms with Gasteiger partial charge >= 0.3 is 0 Å². The Labute approximate surface area is 246 Å². The SMILES string of the molecule is CC[C@@H](C(=O)NC1CCCC1)N(Cc1ccc(F)cc1)C(=O)CN(c1ccccc1Cl)S(=O)(=O)c1ccc(C)cc1. The minimum absolute atomic E-state index is 0.00333. The number of hydrogen-bond donors (Lipinski definition) is 1. The molecule has 0 aromatic heterocycles. The fourth-order valence-electron chi connectivity index (χ4n) is 5.08. The van der Waals surface area contributed by atoms with Crippen molar-refractivity contribution < 1.29 is 22.4 Å². The number of carbonyl (C=O) groups excluding carboxylic acids is 2. The first-order valence-corrected chi connectivity index (χ1v) is 15.6. The minimum Gasteiger partial charge on any atom is -0.352 e. The van der Waals surface area contributed by atoms with Crippen LogP contribution in [0.5, 0.6) is 0 Å². The summed E-state index contributed by atoms with van der Waals surface area (Å²) in [7, 11) is -4.22. The summed E-state index contributed by atoms with van der Waals surface area (Å²) in [6.45, 7) is 3.06. The second-order valence-corrected chi connectivity index (χ2v) is 12.6. The number of anilines is 1. The lowest BCUT2D eigenvalue weighted by atomic mass is 10.1. The van der Waals surface area contributed by atoms with Crippen molar-refractivity contribution >= 4 is 39.1 Å². The first-order valence-electron chi connectivity index (χ1n) is 13.8. The molecule has 0 unspecified atom stereocenters. The van der Waals surface area contributed by atoms with Crippen LogP contribution in [-0.4, -0.2) is 43.8 Å². The molecule has 7 nitrogen and oxygen atoms in total. The van der Waals surface area contributed by atoms with Crippen LogP contribution >= 0.6 is 11.6 Å². The van der Waals surface area contributed by atoms with Crippen LogP contribution < -0.4 is 9.62 Å². The van der Waals surface area contributed by atoms with Gasteiger partial charge in [0.05, 0.1) is 15.6 Å². The van der Waals surface area contributed by atoms with Crippen molar-refractivity contribution in [2.45, 2.75) is 69.5 Å². The van der Waals surface area contributed by atoms with Crippen LogP contribution in [0, 0.1) is 12.7 Å². The highest BCUT2D eigenvalue weighted by Gasteiger charge is 2.35. The number of benzene rings is 3. The van der Waals surface area contributed by atoms with E-state index in [2.05, 4.69) is 5.32 Å². The molecule has 1 N–H and O–H groups in total. The van der Waals surface area contributed by atoms with Crippen LogP contribution in [-0.2, 0) is 26.2 Å². The van der Waals surface area contributed by atoms with Gasteiger partial charge in [-0.25, -0.2) is 12.8 Å². The molecule has 3 aromatic carbocycles. The fraction of sp³-hybridized carbons (Fsp3) is 0.355. The average molecular weight is 600 g/mol. The van der Waals surface area contributed by atoms with Crippen LogP contribution in [0.2, 0.25) is 5.02 Å². The van der Waals surface area contributed by atoms with Crippen LogP contribution in [0.15, 0.2) is 77.7 Å². The monoisotopic (exact) mass is 599 g/mol. The Kier molecular flexibility index (Phi) is 10.0. The van der Waals surface area contributed by atoms with Crippen molar-refractivity contribution in [2.24, 2.45) is 0 Å². The fourth-order valence-corrected chi connectivity index (χ4v) is 6.80. The molecule has 1 aliphatic rings. The van der Waals surface area contributed by atoms with Crippen LogP contribution in [0.1, 0.15) is 50.2 Å². The maximum atomic E-state index is 14.1. The van der Waals surface area contributed by atoms with Crippen molar-refractivity contribution in [3.8, 4) is 0 Å². The number of nitrogens with zero attached hydrogens (tertiary/aromatic N) is 2. The Morgan fingerprint density at radius 1 is 1.00 bits per heavy atom. The van der Waals surface area contributed by atoms with E-state index in [0.717, 1.165) is 35.6 Å². The molecule has 0 spiro atoms. The summed E-state index contributed by atoms with van der Waals surface area (Å²) in [5.74, 6) is -1.30. The van der Waals surface area contributed by atoms with E-state index in [4.69, 9.17) is 11.6 Å². The van der Waals surface area contributed by atoms with E-state index in [0.29, 0.717) is 12.0 Å². The lowest BCUT2D eigenvalue weighted by molar-refractivity contribution is -0.140. The predicted octanol–water partition coefficient (Wildman–Crippen LogP) is 5.85. The third-order valence-electron chi connectivity index (χ3n) is 7.36. The zero-order valence-electron chi connectivity index (χ0n) is 23.2.